The van der Waals surface area contributed by atoms with Crippen molar-refractivity contribution in [3.05, 3.63) is 35.6 Å². The molecule has 0 saturated carbocycles. The van der Waals surface area contributed by atoms with Crippen molar-refractivity contribution in [2.75, 3.05) is 13.1 Å². The van der Waals surface area contributed by atoms with Gasteiger partial charge in [-0.25, -0.2) is 9.18 Å². The summed E-state index contributed by atoms with van der Waals surface area (Å²) in [5.41, 5.74) is 0.0350. The van der Waals surface area contributed by atoms with E-state index in [1.54, 1.807) is 32.9 Å². The van der Waals surface area contributed by atoms with Crippen molar-refractivity contribution in [2.24, 2.45) is 0 Å². The normalized spacial score (nSPS) is 18.8. The third-order valence-corrected chi connectivity index (χ3v) is 3.82. The minimum Gasteiger partial charge on any atom is -0.444 e. The maximum Gasteiger partial charge on any atom is 0.408 e. The van der Waals surface area contributed by atoms with E-state index < -0.39 is 23.8 Å². The smallest absolute Gasteiger partial charge is 0.408 e. The highest BCUT2D eigenvalue weighted by Gasteiger charge is 2.32. The van der Waals surface area contributed by atoms with Crippen molar-refractivity contribution >= 4 is 12.0 Å². The SMILES string of the molecule is CC(C)(C)OC(=O)N[C@@H](Cc1ccc(F)cc1)C(=O)N1CC[C@H](O)C1. The fraction of sp³-hybridized carbons (Fsp3) is 0.556. The number of carbonyl (C=O) groups is 2. The van der Waals surface area contributed by atoms with Gasteiger partial charge in [0, 0.05) is 19.5 Å². The van der Waals surface area contributed by atoms with Crippen LogP contribution in [-0.2, 0) is 16.0 Å². The van der Waals surface area contributed by atoms with Gasteiger partial charge in [0.15, 0.2) is 0 Å². The molecule has 0 radical (unpaired) electrons. The number of β-amino-alcohol motifs (C(OH)–C–C–N with tert-alkyl or cyclic N) is 1. The topological polar surface area (TPSA) is 78.9 Å². The van der Waals surface area contributed by atoms with Gasteiger partial charge in [-0.05, 0) is 44.9 Å². The second-order valence-electron chi connectivity index (χ2n) is 7.26. The van der Waals surface area contributed by atoms with E-state index in [9.17, 15) is 19.1 Å². The Kier molecular flexibility index (Phi) is 6.00. The van der Waals surface area contributed by atoms with Gasteiger partial charge < -0.3 is 20.1 Å². The number of nitrogens with one attached hydrogen (secondary N) is 1. The first-order valence-electron chi connectivity index (χ1n) is 8.35. The average molecular weight is 352 g/mol. The molecule has 0 aromatic heterocycles. The van der Waals surface area contributed by atoms with Crippen LogP contribution in [0.5, 0.6) is 0 Å². The lowest BCUT2D eigenvalue weighted by Gasteiger charge is -2.26. The van der Waals surface area contributed by atoms with Crippen LogP contribution in [0.25, 0.3) is 0 Å². The van der Waals surface area contributed by atoms with E-state index >= 15 is 0 Å². The Morgan fingerprint density at radius 2 is 2.00 bits per heavy atom. The van der Waals surface area contributed by atoms with Gasteiger partial charge in [-0.1, -0.05) is 12.1 Å². The molecule has 1 aliphatic rings. The molecule has 2 amide bonds. The first kappa shape index (κ1) is 19.2. The molecule has 1 saturated heterocycles. The van der Waals surface area contributed by atoms with Gasteiger partial charge >= 0.3 is 6.09 Å². The molecule has 7 heteroatoms. The van der Waals surface area contributed by atoms with Crippen molar-refractivity contribution in [3.63, 3.8) is 0 Å². The number of ether oxygens (including phenoxy) is 1. The lowest BCUT2D eigenvalue weighted by Crippen LogP contribution is -2.50. The molecule has 2 rings (SSSR count). The summed E-state index contributed by atoms with van der Waals surface area (Å²) in [6, 6.07) is 4.93. The molecule has 1 fully saturated rings. The van der Waals surface area contributed by atoms with Crippen LogP contribution in [0.3, 0.4) is 0 Å². The van der Waals surface area contributed by atoms with E-state index in [1.165, 1.54) is 17.0 Å². The van der Waals surface area contributed by atoms with Crippen molar-refractivity contribution in [3.8, 4) is 0 Å². The molecule has 1 aromatic carbocycles. The van der Waals surface area contributed by atoms with E-state index in [1.807, 2.05) is 0 Å². The van der Waals surface area contributed by atoms with Crippen LogP contribution in [0.4, 0.5) is 9.18 Å². The van der Waals surface area contributed by atoms with E-state index in [-0.39, 0.29) is 24.7 Å². The molecule has 1 heterocycles. The molecule has 0 aliphatic carbocycles. The number of alkyl carbamates (subject to hydrolysis) is 1. The predicted octanol–water partition coefficient (Wildman–Crippen LogP) is 1.85. The lowest BCUT2D eigenvalue weighted by atomic mass is 10.0. The van der Waals surface area contributed by atoms with E-state index in [2.05, 4.69) is 5.32 Å². The Morgan fingerprint density at radius 1 is 1.36 bits per heavy atom. The van der Waals surface area contributed by atoms with Gasteiger partial charge in [-0.15, -0.1) is 0 Å². The van der Waals surface area contributed by atoms with Crippen LogP contribution in [-0.4, -0.2) is 52.8 Å². The number of halogens is 1. The Bertz CT molecular complexity index is 612. The first-order chi connectivity index (χ1) is 11.6. The van der Waals surface area contributed by atoms with Crippen LogP contribution >= 0.6 is 0 Å². The highest BCUT2D eigenvalue weighted by Crippen LogP contribution is 2.14. The van der Waals surface area contributed by atoms with Crippen molar-refractivity contribution in [1.82, 2.24) is 10.2 Å². The zero-order chi connectivity index (χ0) is 18.6. The summed E-state index contributed by atoms with van der Waals surface area (Å²) in [6.45, 7) is 5.89. The summed E-state index contributed by atoms with van der Waals surface area (Å²) in [5, 5.41) is 12.2. The Morgan fingerprint density at radius 3 is 2.52 bits per heavy atom. The molecule has 25 heavy (non-hydrogen) atoms. The number of aliphatic hydroxyl groups excluding tert-OH is 1. The second-order valence-corrected chi connectivity index (χ2v) is 7.26. The van der Waals surface area contributed by atoms with Crippen LogP contribution in [0.1, 0.15) is 32.8 Å². The number of hydrogen-bond donors (Lipinski definition) is 2. The van der Waals surface area contributed by atoms with Crippen LogP contribution in [0, 0.1) is 5.82 Å². The second kappa shape index (κ2) is 7.82. The summed E-state index contributed by atoms with van der Waals surface area (Å²) < 4.78 is 18.3. The summed E-state index contributed by atoms with van der Waals surface area (Å²) in [6.07, 6.45) is -0.503. The van der Waals surface area contributed by atoms with Gasteiger partial charge in [-0.3, -0.25) is 4.79 Å². The Balaban J connectivity index is 2.11. The number of carbonyl (C=O) groups excluding carboxylic acids is 2. The average Bonchev–Trinajstić information content (AvgIpc) is 2.92. The summed E-state index contributed by atoms with van der Waals surface area (Å²) >= 11 is 0. The molecule has 1 aromatic rings. The van der Waals surface area contributed by atoms with Gasteiger partial charge in [0.1, 0.15) is 17.5 Å². The highest BCUT2D eigenvalue weighted by molar-refractivity contribution is 5.86. The van der Waals surface area contributed by atoms with Gasteiger partial charge in [0.2, 0.25) is 5.91 Å². The quantitative estimate of drug-likeness (QED) is 0.867. The van der Waals surface area contributed by atoms with E-state index in [4.69, 9.17) is 4.74 Å². The highest BCUT2D eigenvalue weighted by atomic mass is 19.1. The molecule has 2 N–H and O–H groups in total. The number of likely N-dealkylation sites (tertiary alicyclic amines) is 1. The van der Waals surface area contributed by atoms with Crippen molar-refractivity contribution in [1.29, 1.82) is 0 Å². The van der Waals surface area contributed by atoms with E-state index in [0.29, 0.717) is 13.0 Å². The number of hydrogen-bond acceptors (Lipinski definition) is 4. The number of nitrogens with zero attached hydrogens (tertiary/aromatic N) is 1. The fourth-order valence-electron chi connectivity index (χ4n) is 2.67. The fourth-order valence-corrected chi connectivity index (χ4v) is 2.67. The number of rotatable bonds is 4. The summed E-state index contributed by atoms with van der Waals surface area (Å²) in [4.78, 5) is 26.3. The van der Waals surface area contributed by atoms with Crippen LogP contribution < -0.4 is 5.32 Å². The third kappa shape index (κ3) is 6.01. The molecule has 138 valence electrons. The lowest BCUT2D eigenvalue weighted by molar-refractivity contribution is -0.132. The number of amides is 2. The Labute approximate surface area is 147 Å². The molecule has 6 nitrogen and oxygen atoms in total. The zero-order valence-corrected chi connectivity index (χ0v) is 14.8. The monoisotopic (exact) mass is 352 g/mol. The molecule has 0 spiro atoms. The molecular weight excluding hydrogens is 327 g/mol. The third-order valence-electron chi connectivity index (χ3n) is 3.82. The first-order valence-corrected chi connectivity index (χ1v) is 8.35. The van der Waals surface area contributed by atoms with Crippen LogP contribution in [0.15, 0.2) is 24.3 Å². The van der Waals surface area contributed by atoms with Crippen molar-refractivity contribution in [2.45, 2.75) is 51.4 Å². The largest absolute Gasteiger partial charge is 0.444 e. The molecule has 0 unspecified atom stereocenters. The maximum absolute atomic E-state index is 13.1. The molecule has 1 aliphatic heterocycles. The zero-order valence-electron chi connectivity index (χ0n) is 14.8. The standard InChI is InChI=1S/C18H25FN2O4/c1-18(2,3)25-17(24)20-15(10-12-4-6-13(19)7-5-12)16(23)21-9-8-14(22)11-21/h4-7,14-15,22H,8-11H2,1-3H3,(H,20,24)/t14-,15-/m0/s1. The predicted molar refractivity (Wildman–Crippen MR) is 90.5 cm³/mol. The van der Waals surface area contributed by atoms with Gasteiger partial charge in [0.25, 0.3) is 0 Å². The molecule has 0 bridgehead atoms. The summed E-state index contributed by atoms with van der Waals surface area (Å²) in [7, 11) is 0. The number of benzene rings is 1. The number of aliphatic hydroxyl groups is 1. The summed E-state index contributed by atoms with van der Waals surface area (Å²) in [5.74, 6) is -0.652. The minimum atomic E-state index is -0.842. The van der Waals surface area contributed by atoms with E-state index in [0.717, 1.165) is 5.56 Å². The minimum absolute atomic E-state index is 0.213. The molecule has 2 atom stereocenters. The van der Waals surface area contributed by atoms with Crippen molar-refractivity contribution < 1.29 is 23.8 Å². The Hall–Kier alpha value is -2.15. The van der Waals surface area contributed by atoms with Crippen LogP contribution in [0.2, 0.25) is 0 Å². The van der Waals surface area contributed by atoms with Gasteiger partial charge in [-0.2, -0.15) is 0 Å². The molecular formula is C18H25FN2O4. The van der Waals surface area contributed by atoms with Gasteiger partial charge in [0.05, 0.1) is 6.10 Å². The maximum atomic E-state index is 13.1.